The van der Waals surface area contributed by atoms with Crippen molar-refractivity contribution in [3.05, 3.63) is 18.2 Å². The highest BCUT2D eigenvalue weighted by Gasteiger charge is 2.16. The van der Waals surface area contributed by atoms with Crippen LogP contribution in [0.25, 0.3) is 0 Å². The summed E-state index contributed by atoms with van der Waals surface area (Å²) in [5.41, 5.74) is 1.10. The molecule has 2 aliphatic heterocycles. The third kappa shape index (κ3) is 2.47. The first kappa shape index (κ1) is 10.7. The number of rotatable bonds is 2. The molecular weight excluding hydrogens is 218 g/mol. The molecule has 0 saturated carbocycles. The molecule has 2 heterocycles. The molecule has 92 valence electrons. The van der Waals surface area contributed by atoms with Crippen molar-refractivity contribution in [2.24, 2.45) is 0 Å². The van der Waals surface area contributed by atoms with E-state index in [1.54, 1.807) is 0 Å². The average Bonchev–Trinajstić information content (AvgIpc) is 2.65. The van der Waals surface area contributed by atoms with Crippen LogP contribution in [0.15, 0.2) is 18.2 Å². The molecule has 1 aromatic rings. The molecule has 1 aromatic carbocycles. The quantitative estimate of drug-likeness (QED) is 0.854. The van der Waals surface area contributed by atoms with Gasteiger partial charge in [0.05, 0.1) is 0 Å². The van der Waals surface area contributed by atoms with Gasteiger partial charge in [0.1, 0.15) is 0 Å². The minimum absolute atomic E-state index is 0.329. The minimum Gasteiger partial charge on any atom is -0.454 e. The molecule has 0 spiro atoms. The zero-order chi connectivity index (χ0) is 11.5. The Balaban J connectivity index is 1.67. The number of hydrogen-bond donors (Lipinski definition) is 1. The summed E-state index contributed by atoms with van der Waals surface area (Å²) in [4.78, 5) is 0. The smallest absolute Gasteiger partial charge is 0.231 e. The first-order chi connectivity index (χ1) is 8.42. The molecule has 3 rings (SSSR count). The summed E-state index contributed by atoms with van der Waals surface area (Å²) in [5, 5.41) is 3.54. The number of anilines is 1. The summed E-state index contributed by atoms with van der Waals surface area (Å²) in [6.07, 6.45) is 3.35. The van der Waals surface area contributed by atoms with Gasteiger partial charge in [-0.1, -0.05) is 0 Å². The van der Waals surface area contributed by atoms with E-state index < -0.39 is 0 Å². The fourth-order valence-electron chi connectivity index (χ4n) is 2.27. The first-order valence-electron chi connectivity index (χ1n) is 6.16. The molecule has 1 unspecified atom stereocenters. The maximum atomic E-state index is 5.45. The number of hydrogen-bond acceptors (Lipinski definition) is 4. The minimum atomic E-state index is 0.329. The molecule has 1 atom stereocenters. The van der Waals surface area contributed by atoms with E-state index in [0.717, 1.165) is 49.7 Å². The molecule has 0 radical (unpaired) electrons. The van der Waals surface area contributed by atoms with Crippen molar-refractivity contribution < 1.29 is 14.2 Å². The molecular formula is C13H17NO3. The van der Waals surface area contributed by atoms with E-state index in [4.69, 9.17) is 14.2 Å². The van der Waals surface area contributed by atoms with Gasteiger partial charge in [0, 0.05) is 31.0 Å². The van der Waals surface area contributed by atoms with Gasteiger partial charge in [-0.2, -0.15) is 0 Å². The molecule has 0 amide bonds. The Morgan fingerprint density at radius 3 is 3.00 bits per heavy atom. The molecule has 0 bridgehead atoms. The van der Waals surface area contributed by atoms with Gasteiger partial charge in [-0.05, 0) is 31.4 Å². The lowest BCUT2D eigenvalue weighted by molar-refractivity contribution is 0.144. The van der Waals surface area contributed by atoms with Crippen molar-refractivity contribution >= 4 is 5.69 Å². The molecule has 1 saturated heterocycles. The van der Waals surface area contributed by atoms with Crippen molar-refractivity contribution in [3.63, 3.8) is 0 Å². The Morgan fingerprint density at radius 2 is 2.00 bits per heavy atom. The largest absolute Gasteiger partial charge is 0.454 e. The highest BCUT2D eigenvalue weighted by atomic mass is 16.7. The van der Waals surface area contributed by atoms with Crippen molar-refractivity contribution in [3.8, 4) is 11.5 Å². The summed E-state index contributed by atoms with van der Waals surface area (Å²) in [5.74, 6) is 1.67. The van der Waals surface area contributed by atoms with Crippen LogP contribution in [0.5, 0.6) is 11.5 Å². The molecule has 1 fully saturated rings. The SMILES string of the molecule is c1cc2c(cc1NC1CCCOCC1)OCO2. The first-order valence-corrected chi connectivity index (χ1v) is 6.16. The Labute approximate surface area is 101 Å². The Kier molecular flexibility index (Phi) is 3.05. The predicted molar refractivity (Wildman–Crippen MR) is 64.6 cm³/mol. The zero-order valence-electron chi connectivity index (χ0n) is 9.78. The topological polar surface area (TPSA) is 39.7 Å². The lowest BCUT2D eigenvalue weighted by Gasteiger charge is -2.17. The van der Waals surface area contributed by atoms with Gasteiger partial charge >= 0.3 is 0 Å². The van der Waals surface area contributed by atoms with Crippen LogP contribution in [0.1, 0.15) is 19.3 Å². The lowest BCUT2D eigenvalue weighted by atomic mass is 10.1. The Morgan fingerprint density at radius 1 is 1.06 bits per heavy atom. The highest BCUT2D eigenvalue weighted by molar-refractivity contribution is 5.56. The normalized spacial score (nSPS) is 23.2. The summed E-state index contributed by atoms with van der Waals surface area (Å²) >= 11 is 0. The lowest BCUT2D eigenvalue weighted by Crippen LogP contribution is -2.19. The van der Waals surface area contributed by atoms with Gasteiger partial charge in [0.15, 0.2) is 11.5 Å². The van der Waals surface area contributed by atoms with E-state index in [2.05, 4.69) is 5.32 Å². The third-order valence-corrected chi connectivity index (χ3v) is 3.20. The third-order valence-electron chi connectivity index (χ3n) is 3.20. The van der Waals surface area contributed by atoms with Crippen LogP contribution in [0.3, 0.4) is 0 Å². The summed E-state index contributed by atoms with van der Waals surface area (Å²) < 4.78 is 16.1. The van der Waals surface area contributed by atoms with Crippen LogP contribution < -0.4 is 14.8 Å². The molecule has 4 heteroatoms. The van der Waals surface area contributed by atoms with E-state index >= 15 is 0 Å². The number of benzene rings is 1. The van der Waals surface area contributed by atoms with Gasteiger partial charge in [-0.25, -0.2) is 0 Å². The van der Waals surface area contributed by atoms with E-state index in [-0.39, 0.29) is 0 Å². The van der Waals surface area contributed by atoms with Gasteiger partial charge < -0.3 is 19.5 Å². The maximum absolute atomic E-state index is 5.45. The fraction of sp³-hybridized carbons (Fsp3) is 0.538. The number of ether oxygens (including phenoxy) is 3. The molecule has 0 aliphatic carbocycles. The summed E-state index contributed by atoms with van der Waals surface area (Å²) in [6.45, 7) is 2.07. The van der Waals surface area contributed by atoms with Crippen LogP contribution in [-0.4, -0.2) is 26.0 Å². The van der Waals surface area contributed by atoms with Gasteiger partial charge in [0.25, 0.3) is 0 Å². The average molecular weight is 235 g/mol. The monoisotopic (exact) mass is 235 g/mol. The van der Waals surface area contributed by atoms with Crippen LogP contribution in [0.4, 0.5) is 5.69 Å². The van der Waals surface area contributed by atoms with E-state index in [0.29, 0.717) is 12.8 Å². The van der Waals surface area contributed by atoms with Crippen LogP contribution in [-0.2, 0) is 4.74 Å². The van der Waals surface area contributed by atoms with Crippen LogP contribution >= 0.6 is 0 Å². The molecule has 1 N–H and O–H groups in total. The zero-order valence-corrected chi connectivity index (χ0v) is 9.78. The highest BCUT2D eigenvalue weighted by Crippen LogP contribution is 2.34. The Hall–Kier alpha value is -1.42. The van der Waals surface area contributed by atoms with E-state index in [1.165, 1.54) is 0 Å². The molecule has 4 nitrogen and oxygen atoms in total. The number of nitrogens with one attached hydrogen (secondary N) is 1. The van der Waals surface area contributed by atoms with Crippen molar-refractivity contribution in [2.45, 2.75) is 25.3 Å². The fourth-order valence-corrected chi connectivity index (χ4v) is 2.27. The van der Waals surface area contributed by atoms with E-state index in [1.807, 2.05) is 18.2 Å². The summed E-state index contributed by atoms with van der Waals surface area (Å²) in [6, 6.07) is 6.50. The second-order valence-corrected chi connectivity index (χ2v) is 4.45. The van der Waals surface area contributed by atoms with Crippen molar-refractivity contribution in [2.75, 3.05) is 25.3 Å². The molecule has 0 aromatic heterocycles. The van der Waals surface area contributed by atoms with Crippen molar-refractivity contribution in [1.82, 2.24) is 0 Å². The number of fused-ring (bicyclic) bond motifs is 1. The van der Waals surface area contributed by atoms with Gasteiger partial charge in [-0.15, -0.1) is 0 Å². The standard InChI is InChI=1S/C13H17NO3/c1-2-10(5-7-15-6-1)14-11-3-4-12-13(8-11)17-9-16-12/h3-4,8,10,14H,1-2,5-7,9H2. The van der Waals surface area contributed by atoms with Crippen LogP contribution in [0.2, 0.25) is 0 Å². The van der Waals surface area contributed by atoms with Gasteiger partial charge in [-0.3, -0.25) is 0 Å². The second-order valence-electron chi connectivity index (χ2n) is 4.45. The second kappa shape index (κ2) is 4.84. The van der Waals surface area contributed by atoms with E-state index in [9.17, 15) is 0 Å². The van der Waals surface area contributed by atoms with Crippen molar-refractivity contribution in [1.29, 1.82) is 0 Å². The maximum Gasteiger partial charge on any atom is 0.231 e. The predicted octanol–water partition coefficient (Wildman–Crippen LogP) is 2.40. The van der Waals surface area contributed by atoms with Gasteiger partial charge in [0.2, 0.25) is 6.79 Å². The Bertz CT molecular complexity index is 386. The molecule has 17 heavy (non-hydrogen) atoms. The van der Waals surface area contributed by atoms with Crippen LogP contribution in [0, 0.1) is 0 Å². The summed E-state index contributed by atoms with van der Waals surface area (Å²) in [7, 11) is 0. The molecule has 2 aliphatic rings.